The molecular weight excluding hydrogens is 388 g/mol. The lowest BCUT2D eigenvalue weighted by Crippen LogP contribution is -2.45. The molecular formula is C25H40N4O2. The lowest BCUT2D eigenvalue weighted by Gasteiger charge is -2.38. The maximum atomic E-state index is 13.2. The van der Waals surface area contributed by atoms with E-state index in [-0.39, 0.29) is 6.03 Å². The number of hydrogen-bond donors (Lipinski definition) is 0. The maximum absolute atomic E-state index is 13.2. The van der Waals surface area contributed by atoms with Crippen LogP contribution >= 0.6 is 0 Å². The minimum absolute atomic E-state index is 0.178. The van der Waals surface area contributed by atoms with Crippen molar-refractivity contribution in [3.8, 4) is 5.75 Å². The summed E-state index contributed by atoms with van der Waals surface area (Å²) in [5, 5.41) is 0. The van der Waals surface area contributed by atoms with E-state index in [4.69, 9.17) is 4.74 Å². The van der Waals surface area contributed by atoms with E-state index < -0.39 is 0 Å². The van der Waals surface area contributed by atoms with Gasteiger partial charge in [-0.25, -0.2) is 4.79 Å². The highest BCUT2D eigenvalue weighted by Gasteiger charge is 2.38. The number of urea groups is 1. The molecule has 0 radical (unpaired) electrons. The quantitative estimate of drug-likeness (QED) is 0.586. The van der Waals surface area contributed by atoms with Gasteiger partial charge in [0.05, 0.1) is 6.61 Å². The van der Waals surface area contributed by atoms with Gasteiger partial charge in [-0.05, 0) is 76.9 Å². The molecule has 172 valence electrons. The van der Waals surface area contributed by atoms with Gasteiger partial charge in [-0.2, -0.15) is 0 Å². The average Bonchev–Trinajstić information content (AvgIpc) is 3.42. The lowest BCUT2D eigenvalue weighted by atomic mass is 9.89. The molecule has 2 aliphatic heterocycles. The Labute approximate surface area is 188 Å². The Kier molecular flexibility index (Phi) is 7.39. The molecule has 4 rings (SSSR count). The van der Waals surface area contributed by atoms with Crippen molar-refractivity contribution in [1.82, 2.24) is 14.7 Å². The van der Waals surface area contributed by atoms with Gasteiger partial charge in [-0.1, -0.05) is 13.3 Å². The Morgan fingerprint density at radius 1 is 0.968 bits per heavy atom. The molecule has 0 aromatic heterocycles. The first kappa shape index (κ1) is 22.4. The Balaban J connectivity index is 1.27. The summed E-state index contributed by atoms with van der Waals surface area (Å²) in [5.41, 5.74) is 0.982. The van der Waals surface area contributed by atoms with Crippen LogP contribution in [0.1, 0.15) is 51.9 Å². The van der Waals surface area contributed by atoms with Crippen LogP contribution in [0.2, 0.25) is 0 Å². The van der Waals surface area contributed by atoms with Crippen molar-refractivity contribution in [3.63, 3.8) is 0 Å². The van der Waals surface area contributed by atoms with Gasteiger partial charge < -0.3 is 14.5 Å². The molecule has 2 amide bonds. The summed E-state index contributed by atoms with van der Waals surface area (Å²) in [4.78, 5) is 22.3. The summed E-state index contributed by atoms with van der Waals surface area (Å²) >= 11 is 0. The number of likely N-dealkylation sites (N-methyl/N-ethyl adjacent to an activating group) is 1. The van der Waals surface area contributed by atoms with Crippen LogP contribution in [0.5, 0.6) is 5.75 Å². The first-order chi connectivity index (χ1) is 15.1. The number of rotatable bonds is 8. The molecule has 6 nitrogen and oxygen atoms in total. The topological polar surface area (TPSA) is 39.3 Å². The third-order valence-corrected chi connectivity index (χ3v) is 7.50. The summed E-state index contributed by atoms with van der Waals surface area (Å²) in [6, 6.07) is 10.0. The zero-order chi connectivity index (χ0) is 21.8. The highest BCUT2D eigenvalue weighted by Crippen LogP contribution is 2.32. The Morgan fingerprint density at radius 3 is 2.32 bits per heavy atom. The first-order valence-electron chi connectivity index (χ1n) is 12.3. The minimum Gasteiger partial charge on any atom is -0.494 e. The number of hydrogen-bond acceptors (Lipinski definition) is 4. The fourth-order valence-electron chi connectivity index (χ4n) is 5.45. The fourth-order valence-corrected chi connectivity index (χ4v) is 5.45. The number of unbranched alkanes of at least 4 members (excludes halogenated alkanes) is 1. The van der Waals surface area contributed by atoms with Gasteiger partial charge in [0.25, 0.3) is 0 Å². The number of anilines is 1. The lowest BCUT2D eigenvalue weighted by molar-refractivity contribution is 0.126. The van der Waals surface area contributed by atoms with Gasteiger partial charge in [-0.3, -0.25) is 9.80 Å². The minimum atomic E-state index is 0.178. The first-order valence-corrected chi connectivity index (χ1v) is 12.3. The average molecular weight is 429 g/mol. The molecule has 1 atom stereocenters. The predicted octanol–water partition coefficient (Wildman–Crippen LogP) is 4.05. The number of nitrogens with zero attached hydrogens (tertiary/aromatic N) is 4. The van der Waals surface area contributed by atoms with Crippen molar-refractivity contribution in [2.24, 2.45) is 0 Å². The molecule has 1 unspecified atom stereocenters. The van der Waals surface area contributed by atoms with E-state index in [9.17, 15) is 4.79 Å². The van der Waals surface area contributed by atoms with Gasteiger partial charge in [0.2, 0.25) is 0 Å². The molecule has 1 aromatic rings. The Bertz CT molecular complexity index is 715. The molecule has 0 bridgehead atoms. The second-order valence-corrected chi connectivity index (χ2v) is 9.69. The van der Waals surface area contributed by atoms with Gasteiger partial charge in [0.1, 0.15) is 5.75 Å². The monoisotopic (exact) mass is 428 g/mol. The van der Waals surface area contributed by atoms with E-state index in [0.717, 1.165) is 56.8 Å². The van der Waals surface area contributed by atoms with E-state index in [1.54, 1.807) is 0 Å². The van der Waals surface area contributed by atoms with Crippen LogP contribution in [0.25, 0.3) is 0 Å². The molecule has 1 aliphatic carbocycles. The van der Waals surface area contributed by atoms with Gasteiger partial charge in [0.15, 0.2) is 0 Å². The van der Waals surface area contributed by atoms with Crippen LogP contribution in [0.15, 0.2) is 24.3 Å². The molecule has 0 N–H and O–H groups in total. The van der Waals surface area contributed by atoms with Crippen molar-refractivity contribution in [1.29, 1.82) is 0 Å². The summed E-state index contributed by atoms with van der Waals surface area (Å²) in [6.45, 7) is 6.98. The molecule has 31 heavy (non-hydrogen) atoms. The van der Waals surface area contributed by atoms with Gasteiger partial charge in [0, 0.05) is 50.0 Å². The zero-order valence-corrected chi connectivity index (χ0v) is 19.6. The second-order valence-electron chi connectivity index (χ2n) is 9.69. The summed E-state index contributed by atoms with van der Waals surface area (Å²) < 4.78 is 5.76. The third-order valence-electron chi connectivity index (χ3n) is 7.50. The van der Waals surface area contributed by atoms with Crippen molar-refractivity contribution >= 4 is 11.7 Å². The second kappa shape index (κ2) is 10.2. The van der Waals surface area contributed by atoms with Crippen LogP contribution < -0.4 is 9.64 Å². The smallest absolute Gasteiger partial charge is 0.324 e. The number of likely N-dealkylation sites (tertiary alicyclic amines) is 1. The SMILES string of the molecule is CCCCOc1ccc(N2CCN(C3CCC(N4CCC(N(C)C)C4)CC3)C2=O)cc1. The van der Waals surface area contributed by atoms with Crippen molar-refractivity contribution in [3.05, 3.63) is 24.3 Å². The van der Waals surface area contributed by atoms with E-state index in [1.807, 2.05) is 29.2 Å². The number of ether oxygens (including phenoxy) is 1. The molecule has 3 fully saturated rings. The van der Waals surface area contributed by atoms with Crippen LogP contribution in [-0.2, 0) is 0 Å². The predicted molar refractivity (Wildman–Crippen MR) is 126 cm³/mol. The third kappa shape index (κ3) is 5.17. The molecule has 1 aromatic carbocycles. The highest BCUT2D eigenvalue weighted by molar-refractivity contribution is 5.94. The van der Waals surface area contributed by atoms with Crippen LogP contribution in [0.3, 0.4) is 0 Å². The normalized spacial score (nSPS) is 27.5. The van der Waals surface area contributed by atoms with E-state index >= 15 is 0 Å². The Hall–Kier alpha value is -1.79. The molecule has 2 heterocycles. The zero-order valence-electron chi connectivity index (χ0n) is 19.6. The van der Waals surface area contributed by atoms with Crippen molar-refractivity contribution in [2.75, 3.05) is 51.8 Å². The summed E-state index contributed by atoms with van der Waals surface area (Å²) in [5.74, 6) is 0.887. The van der Waals surface area contributed by atoms with Crippen LogP contribution in [0.4, 0.5) is 10.5 Å². The van der Waals surface area contributed by atoms with Crippen molar-refractivity contribution < 1.29 is 9.53 Å². The highest BCUT2D eigenvalue weighted by atomic mass is 16.5. The molecule has 1 saturated carbocycles. The van der Waals surface area contributed by atoms with E-state index in [2.05, 4.69) is 35.7 Å². The standard InChI is InChI=1S/C25H40N4O2/c1-4-5-18-31-24-12-10-22(11-13-24)29-17-16-28(25(29)30)21-8-6-20(7-9-21)27-15-14-23(19-27)26(2)3/h10-13,20-21,23H,4-9,14-19H2,1-3H3. The largest absolute Gasteiger partial charge is 0.494 e. The van der Waals surface area contributed by atoms with E-state index in [0.29, 0.717) is 18.1 Å². The summed E-state index contributed by atoms with van der Waals surface area (Å²) in [6.07, 6.45) is 8.20. The van der Waals surface area contributed by atoms with Crippen LogP contribution in [0, 0.1) is 0 Å². The van der Waals surface area contributed by atoms with Gasteiger partial charge >= 0.3 is 6.03 Å². The maximum Gasteiger partial charge on any atom is 0.324 e. The van der Waals surface area contributed by atoms with Gasteiger partial charge in [-0.15, -0.1) is 0 Å². The number of benzene rings is 1. The molecule has 0 spiro atoms. The molecule has 3 aliphatic rings. The Morgan fingerprint density at radius 2 is 1.68 bits per heavy atom. The molecule has 6 heteroatoms. The van der Waals surface area contributed by atoms with Crippen molar-refractivity contribution in [2.45, 2.75) is 70.0 Å². The number of carbonyl (C=O) groups excluding carboxylic acids is 1. The fraction of sp³-hybridized carbons (Fsp3) is 0.720. The summed E-state index contributed by atoms with van der Waals surface area (Å²) in [7, 11) is 4.39. The van der Waals surface area contributed by atoms with E-state index in [1.165, 1.54) is 32.4 Å². The van der Waals surface area contributed by atoms with Crippen LogP contribution in [-0.4, -0.2) is 85.7 Å². The molecule has 2 saturated heterocycles. The number of carbonyl (C=O) groups is 1. The number of amides is 2.